The summed E-state index contributed by atoms with van der Waals surface area (Å²) in [6.07, 6.45) is 0.543. The van der Waals surface area contributed by atoms with Crippen molar-refractivity contribution in [3.63, 3.8) is 0 Å². The molecule has 0 saturated carbocycles. The number of benzene rings is 2. The molecule has 0 spiro atoms. The van der Waals surface area contributed by atoms with Gasteiger partial charge in [0.2, 0.25) is 0 Å². The molecule has 0 fully saturated rings. The SMILES string of the molecule is COC(=O)N1CCc2ccc(NC(C)Cc3ccc(C)c(F)c3)c([N+](=O)[O-])c2C1. The Labute approximate surface area is 168 Å². The lowest BCUT2D eigenvalue weighted by molar-refractivity contribution is -0.384. The second-order valence-corrected chi connectivity index (χ2v) is 7.33. The predicted octanol–water partition coefficient (Wildman–Crippen LogP) is 4.21. The Kier molecular flexibility index (Phi) is 6.00. The van der Waals surface area contributed by atoms with Gasteiger partial charge in [-0.15, -0.1) is 0 Å². The predicted molar refractivity (Wildman–Crippen MR) is 108 cm³/mol. The van der Waals surface area contributed by atoms with Crippen molar-refractivity contribution in [3.8, 4) is 0 Å². The Bertz CT molecular complexity index is 948. The number of amides is 1. The van der Waals surface area contributed by atoms with E-state index >= 15 is 0 Å². The van der Waals surface area contributed by atoms with Gasteiger partial charge in [-0.3, -0.25) is 10.1 Å². The standard InChI is InChI=1S/C21H24FN3O4/c1-13-4-5-15(11-18(13)22)10-14(2)23-19-7-6-16-8-9-24(21(26)29-3)12-17(16)20(19)25(27)28/h4-7,11,14,23H,8-10,12H2,1-3H3. The molecule has 0 saturated heterocycles. The zero-order valence-corrected chi connectivity index (χ0v) is 16.7. The lowest BCUT2D eigenvalue weighted by Gasteiger charge is -2.28. The summed E-state index contributed by atoms with van der Waals surface area (Å²) in [6, 6.07) is 8.47. The average Bonchev–Trinajstić information content (AvgIpc) is 2.69. The van der Waals surface area contributed by atoms with Gasteiger partial charge in [-0.05, 0) is 55.5 Å². The van der Waals surface area contributed by atoms with E-state index in [1.165, 1.54) is 18.1 Å². The van der Waals surface area contributed by atoms with Gasteiger partial charge in [-0.25, -0.2) is 9.18 Å². The summed E-state index contributed by atoms with van der Waals surface area (Å²) in [5.41, 5.74) is 3.12. The van der Waals surface area contributed by atoms with Crippen LogP contribution in [0.2, 0.25) is 0 Å². The number of carbonyl (C=O) groups is 1. The number of hydrogen-bond donors (Lipinski definition) is 1. The maximum absolute atomic E-state index is 13.8. The van der Waals surface area contributed by atoms with Gasteiger partial charge in [-0.2, -0.15) is 0 Å². The molecule has 154 valence electrons. The molecule has 1 aliphatic heterocycles. The number of ether oxygens (including phenoxy) is 1. The third kappa shape index (κ3) is 4.47. The molecule has 1 unspecified atom stereocenters. The maximum Gasteiger partial charge on any atom is 0.409 e. The molecule has 1 atom stereocenters. The number of nitrogens with one attached hydrogen (secondary N) is 1. The molecule has 0 aromatic heterocycles. The number of nitro groups is 1. The van der Waals surface area contributed by atoms with Crippen LogP contribution in [0.25, 0.3) is 0 Å². The van der Waals surface area contributed by atoms with Crippen molar-refractivity contribution in [1.29, 1.82) is 0 Å². The largest absolute Gasteiger partial charge is 0.453 e. The molecule has 2 aromatic carbocycles. The molecular formula is C21H24FN3O4. The van der Waals surface area contributed by atoms with Crippen LogP contribution in [0.5, 0.6) is 0 Å². The third-order valence-electron chi connectivity index (χ3n) is 5.18. The molecule has 7 nitrogen and oxygen atoms in total. The van der Waals surface area contributed by atoms with Crippen LogP contribution in [-0.2, 0) is 24.1 Å². The number of methoxy groups -OCH3 is 1. The Hall–Kier alpha value is -3.16. The number of hydrogen-bond acceptors (Lipinski definition) is 5. The first-order valence-electron chi connectivity index (χ1n) is 9.43. The molecule has 0 bridgehead atoms. The normalized spacial score (nSPS) is 14.1. The smallest absolute Gasteiger partial charge is 0.409 e. The van der Waals surface area contributed by atoms with Crippen LogP contribution in [0.3, 0.4) is 0 Å². The highest BCUT2D eigenvalue weighted by atomic mass is 19.1. The fourth-order valence-corrected chi connectivity index (χ4v) is 3.66. The Balaban J connectivity index is 1.84. The van der Waals surface area contributed by atoms with Crippen LogP contribution in [0.4, 0.5) is 20.6 Å². The van der Waals surface area contributed by atoms with Crippen LogP contribution in [0.15, 0.2) is 30.3 Å². The van der Waals surface area contributed by atoms with E-state index in [0.29, 0.717) is 36.2 Å². The van der Waals surface area contributed by atoms with Crippen molar-refractivity contribution in [3.05, 3.63) is 68.5 Å². The van der Waals surface area contributed by atoms with Gasteiger partial charge >= 0.3 is 6.09 Å². The number of rotatable bonds is 5. The lowest BCUT2D eigenvalue weighted by Crippen LogP contribution is -2.36. The molecule has 8 heteroatoms. The minimum absolute atomic E-state index is 0.0296. The first-order chi connectivity index (χ1) is 13.8. The zero-order chi connectivity index (χ0) is 21.1. The van der Waals surface area contributed by atoms with Gasteiger partial charge in [0.25, 0.3) is 5.69 Å². The maximum atomic E-state index is 13.8. The van der Waals surface area contributed by atoms with Gasteiger partial charge in [0.1, 0.15) is 11.5 Å². The summed E-state index contributed by atoms with van der Waals surface area (Å²) < 4.78 is 18.5. The van der Waals surface area contributed by atoms with Crippen LogP contribution >= 0.6 is 0 Å². The molecule has 0 radical (unpaired) electrons. The van der Waals surface area contributed by atoms with E-state index in [1.807, 2.05) is 19.1 Å². The van der Waals surface area contributed by atoms with Crippen LogP contribution in [-0.4, -0.2) is 35.6 Å². The van der Waals surface area contributed by atoms with Crippen LogP contribution < -0.4 is 5.32 Å². The second kappa shape index (κ2) is 8.46. The summed E-state index contributed by atoms with van der Waals surface area (Å²) >= 11 is 0. The van der Waals surface area contributed by atoms with E-state index < -0.39 is 11.0 Å². The quantitative estimate of drug-likeness (QED) is 0.599. The fraction of sp³-hybridized carbons (Fsp3) is 0.381. The molecule has 1 N–H and O–H groups in total. The Morgan fingerprint density at radius 3 is 2.79 bits per heavy atom. The van der Waals surface area contributed by atoms with Gasteiger partial charge in [0.15, 0.2) is 0 Å². The second-order valence-electron chi connectivity index (χ2n) is 7.33. The first-order valence-corrected chi connectivity index (χ1v) is 9.43. The van der Waals surface area contributed by atoms with Crippen molar-refractivity contribution in [2.45, 2.75) is 39.3 Å². The first kappa shape index (κ1) is 20.6. The van der Waals surface area contributed by atoms with E-state index in [2.05, 4.69) is 5.32 Å². The minimum atomic E-state index is -0.502. The lowest BCUT2D eigenvalue weighted by atomic mass is 9.96. The van der Waals surface area contributed by atoms with Crippen molar-refractivity contribution in [2.24, 2.45) is 0 Å². The molecule has 1 aliphatic rings. The van der Waals surface area contributed by atoms with Crippen molar-refractivity contribution in [2.75, 3.05) is 19.0 Å². The van der Waals surface area contributed by atoms with Crippen molar-refractivity contribution < 1.29 is 18.8 Å². The third-order valence-corrected chi connectivity index (χ3v) is 5.18. The summed E-state index contributed by atoms with van der Waals surface area (Å²) in [5.74, 6) is -0.266. The molecule has 3 rings (SSSR count). The molecule has 0 aliphatic carbocycles. The van der Waals surface area contributed by atoms with E-state index in [4.69, 9.17) is 4.74 Å². The number of nitro benzene ring substituents is 1. The molecular weight excluding hydrogens is 377 g/mol. The van der Waals surface area contributed by atoms with Crippen molar-refractivity contribution in [1.82, 2.24) is 4.90 Å². The number of aryl methyl sites for hydroxylation is 1. The fourth-order valence-electron chi connectivity index (χ4n) is 3.66. The zero-order valence-electron chi connectivity index (χ0n) is 16.7. The van der Waals surface area contributed by atoms with E-state index in [-0.39, 0.29) is 24.1 Å². The van der Waals surface area contributed by atoms with Crippen LogP contribution in [0.1, 0.15) is 29.2 Å². The summed E-state index contributed by atoms with van der Waals surface area (Å²) in [5, 5.41) is 15.0. The molecule has 2 aromatic rings. The number of nitrogens with zero attached hydrogens (tertiary/aromatic N) is 2. The number of anilines is 1. The van der Waals surface area contributed by atoms with Gasteiger partial charge in [-0.1, -0.05) is 18.2 Å². The molecule has 1 amide bonds. The number of fused-ring (bicyclic) bond motifs is 1. The van der Waals surface area contributed by atoms with Crippen LogP contribution in [0, 0.1) is 22.9 Å². The monoisotopic (exact) mass is 401 g/mol. The summed E-state index contributed by atoms with van der Waals surface area (Å²) in [4.78, 5) is 24.7. The number of carbonyl (C=O) groups excluding carboxylic acids is 1. The average molecular weight is 401 g/mol. The van der Waals surface area contributed by atoms with Gasteiger partial charge < -0.3 is 15.0 Å². The van der Waals surface area contributed by atoms with Crippen molar-refractivity contribution >= 4 is 17.5 Å². The van der Waals surface area contributed by atoms with E-state index in [1.54, 1.807) is 19.1 Å². The molecule has 29 heavy (non-hydrogen) atoms. The highest BCUT2D eigenvalue weighted by molar-refractivity contribution is 5.72. The molecule has 1 heterocycles. The van der Waals surface area contributed by atoms with E-state index in [9.17, 15) is 19.3 Å². The highest BCUT2D eigenvalue weighted by Crippen LogP contribution is 2.35. The Morgan fingerprint density at radius 1 is 1.38 bits per heavy atom. The minimum Gasteiger partial charge on any atom is -0.453 e. The summed E-state index contributed by atoms with van der Waals surface area (Å²) in [6.45, 7) is 4.18. The topological polar surface area (TPSA) is 84.7 Å². The van der Waals surface area contributed by atoms with Gasteiger partial charge in [0, 0.05) is 12.6 Å². The van der Waals surface area contributed by atoms with E-state index in [0.717, 1.165) is 11.1 Å². The summed E-state index contributed by atoms with van der Waals surface area (Å²) in [7, 11) is 1.29. The number of halogens is 1. The van der Waals surface area contributed by atoms with Gasteiger partial charge in [0.05, 0.1) is 24.1 Å². The Morgan fingerprint density at radius 2 is 2.14 bits per heavy atom. The highest BCUT2D eigenvalue weighted by Gasteiger charge is 2.30.